The number of benzene rings is 1. The van der Waals surface area contributed by atoms with E-state index in [1.54, 1.807) is 0 Å². The van der Waals surface area contributed by atoms with Gasteiger partial charge in [-0.25, -0.2) is 0 Å². The first-order chi connectivity index (χ1) is 9.43. The molecular weight excluding hydrogens is 244 g/mol. The van der Waals surface area contributed by atoms with Gasteiger partial charge in [-0.3, -0.25) is 0 Å². The van der Waals surface area contributed by atoms with E-state index in [2.05, 4.69) is 50.8 Å². The zero-order chi connectivity index (χ0) is 14.8. The third-order valence-corrected chi connectivity index (χ3v) is 5.33. The van der Waals surface area contributed by atoms with Crippen LogP contribution in [0.25, 0.3) is 0 Å². The number of hydrogen-bond acceptors (Lipinski definition) is 2. The van der Waals surface area contributed by atoms with Crippen molar-refractivity contribution in [3.8, 4) is 0 Å². The van der Waals surface area contributed by atoms with E-state index in [0.717, 1.165) is 6.54 Å². The lowest BCUT2D eigenvalue weighted by molar-refractivity contribution is 0.110. The summed E-state index contributed by atoms with van der Waals surface area (Å²) in [5.74, 6) is 0. The van der Waals surface area contributed by atoms with Gasteiger partial charge in [0.25, 0.3) is 0 Å². The maximum absolute atomic E-state index is 6.40. The standard InChI is InChI=1S/C18H30N2/c1-5-18(4)8-10-20(11-9-18)13-17(19)16-7-6-14(2)15(3)12-16/h6-7,12,17H,5,8-11,13,19H2,1-4H3. The Balaban J connectivity index is 1.92. The average molecular weight is 274 g/mol. The normalized spacial score (nSPS) is 20.9. The summed E-state index contributed by atoms with van der Waals surface area (Å²) in [6, 6.07) is 6.77. The van der Waals surface area contributed by atoms with Gasteiger partial charge >= 0.3 is 0 Å². The Labute approximate surface area is 124 Å². The van der Waals surface area contributed by atoms with Crippen LogP contribution in [0.4, 0.5) is 0 Å². The van der Waals surface area contributed by atoms with Gasteiger partial charge in [-0.05, 0) is 61.9 Å². The molecule has 2 nitrogen and oxygen atoms in total. The van der Waals surface area contributed by atoms with Crippen LogP contribution in [0.1, 0.15) is 55.8 Å². The Hall–Kier alpha value is -0.860. The third kappa shape index (κ3) is 3.62. The molecule has 0 bridgehead atoms. The Morgan fingerprint density at radius 1 is 1.20 bits per heavy atom. The number of rotatable bonds is 4. The second-order valence-electron chi connectivity index (χ2n) is 6.92. The number of aryl methyl sites for hydroxylation is 2. The molecule has 1 fully saturated rings. The Kier molecular flexibility index (Phi) is 4.87. The molecule has 0 amide bonds. The predicted octanol–water partition coefficient (Wildman–Crippen LogP) is 3.82. The minimum atomic E-state index is 0.139. The highest BCUT2D eigenvalue weighted by Crippen LogP contribution is 2.34. The first-order valence-corrected chi connectivity index (χ1v) is 7.98. The van der Waals surface area contributed by atoms with Crippen LogP contribution in [-0.4, -0.2) is 24.5 Å². The van der Waals surface area contributed by atoms with Crippen molar-refractivity contribution in [1.29, 1.82) is 0 Å². The summed E-state index contributed by atoms with van der Waals surface area (Å²) in [5, 5.41) is 0. The summed E-state index contributed by atoms with van der Waals surface area (Å²) >= 11 is 0. The van der Waals surface area contributed by atoms with Gasteiger partial charge in [0, 0.05) is 12.6 Å². The molecule has 0 aliphatic carbocycles. The number of likely N-dealkylation sites (tertiary alicyclic amines) is 1. The molecule has 1 saturated heterocycles. The van der Waals surface area contributed by atoms with Crippen molar-refractivity contribution >= 4 is 0 Å². The molecule has 2 heteroatoms. The molecular formula is C18H30N2. The Morgan fingerprint density at radius 2 is 1.85 bits per heavy atom. The maximum Gasteiger partial charge on any atom is 0.0424 e. The van der Waals surface area contributed by atoms with Crippen molar-refractivity contribution in [2.75, 3.05) is 19.6 Å². The fraction of sp³-hybridized carbons (Fsp3) is 0.667. The highest BCUT2D eigenvalue weighted by Gasteiger charge is 2.28. The van der Waals surface area contributed by atoms with Crippen LogP contribution >= 0.6 is 0 Å². The summed E-state index contributed by atoms with van der Waals surface area (Å²) in [6.45, 7) is 12.4. The largest absolute Gasteiger partial charge is 0.323 e. The minimum Gasteiger partial charge on any atom is -0.323 e. The van der Waals surface area contributed by atoms with Gasteiger partial charge in [0.1, 0.15) is 0 Å². The molecule has 1 atom stereocenters. The van der Waals surface area contributed by atoms with Crippen LogP contribution in [0.2, 0.25) is 0 Å². The first kappa shape index (κ1) is 15.5. The van der Waals surface area contributed by atoms with Crippen molar-refractivity contribution in [3.63, 3.8) is 0 Å². The fourth-order valence-electron chi connectivity index (χ4n) is 3.01. The van der Waals surface area contributed by atoms with Gasteiger partial charge in [-0.1, -0.05) is 38.5 Å². The average Bonchev–Trinajstić information content (AvgIpc) is 2.44. The topological polar surface area (TPSA) is 29.3 Å². The monoisotopic (exact) mass is 274 g/mol. The molecule has 2 rings (SSSR count). The summed E-state index contributed by atoms with van der Waals surface area (Å²) in [7, 11) is 0. The van der Waals surface area contributed by atoms with E-state index in [1.807, 2.05) is 0 Å². The van der Waals surface area contributed by atoms with E-state index in [1.165, 1.54) is 49.0 Å². The summed E-state index contributed by atoms with van der Waals surface area (Å²) < 4.78 is 0. The summed E-state index contributed by atoms with van der Waals surface area (Å²) in [4.78, 5) is 2.54. The van der Waals surface area contributed by atoms with Crippen LogP contribution in [0.3, 0.4) is 0 Å². The number of hydrogen-bond donors (Lipinski definition) is 1. The van der Waals surface area contributed by atoms with Crippen LogP contribution < -0.4 is 5.73 Å². The SMILES string of the molecule is CCC1(C)CCN(CC(N)c2ccc(C)c(C)c2)CC1. The lowest BCUT2D eigenvalue weighted by atomic mass is 9.78. The summed E-state index contributed by atoms with van der Waals surface area (Å²) in [6.07, 6.45) is 3.91. The quantitative estimate of drug-likeness (QED) is 0.904. The molecule has 1 aliphatic rings. The van der Waals surface area contributed by atoms with Crippen LogP contribution in [0.15, 0.2) is 18.2 Å². The van der Waals surface area contributed by atoms with Crippen LogP contribution in [0.5, 0.6) is 0 Å². The number of nitrogens with two attached hydrogens (primary N) is 1. The van der Waals surface area contributed by atoms with Gasteiger partial charge in [0.05, 0.1) is 0 Å². The lowest BCUT2D eigenvalue weighted by Crippen LogP contribution is -2.41. The molecule has 0 spiro atoms. The molecule has 1 aliphatic heterocycles. The molecule has 20 heavy (non-hydrogen) atoms. The molecule has 0 radical (unpaired) electrons. The van der Waals surface area contributed by atoms with Crippen molar-refractivity contribution in [3.05, 3.63) is 34.9 Å². The van der Waals surface area contributed by atoms with Crippen LogP contribution in [0, 0.1) is 19.3 Å². The van der Waals surface area contributed by atoms with Crippen molar-refractivity contribution in [2.45, 2.75) is 53.0 Å². The Bertz CT molecular complexity index is 445. The highest BCUT2D eigenvalue weighted by molar-refractivity contribution is 5.31. The molecule has 0 saturated carbocycles. The fourth-order valence-corrected chi connectivity index (χ4v) is 3.01. The van der Waals surface area contributed by atoms with Crippen molar-refractivity contribution in [1.82, 2.24) is 4.90 Å². The smallest absolute Gasteiger partial charge is 0.0424 e. The maximum atomic E-state index is 6.40. The van der Waals surface area contributed by atoms with Crippen molar-refractivity contribution < 1.29 is 0 Å². The van der Waals surface area contributed by atoms with Gasteiger partial charge in [0.2, 0.25) is 0 Å². The zero-order valence-corrected chi connectivity index (χ0v) is 13.6. The van der Waals surface area contributed by atoms with Gasteiger partial charge < -0.3 is 10.6 Å². The second kappa shape index (κ2) is 6.28. The molecule has 0 aromatic heterocycles. The van der Waals surface area contributed by atoms with Crippen molar-refractivity contribution in [2.24, 2.45) is 11.1 Å². The third-order valence-electron chi connectivity index (χ3n) is 5.33. The Morgan fingerprint density at radius 3 is 2.40 bits per heavy atom. The van der Waals surface area contributed by atoms with E-state index in [0.29, 0.717) is 5.41 Å². The minimum absolute atomic E-state index is 0.139. The molecule has 1 unspecified atom stereocenters. The van der Waals surface area contributed by atoms with E-state index in [4.69, 9.17) is 5.73 Å². The van der Waals surface area contributed by atoms with Gasteiger partial charge in [-0.15, -0.1) is 0 Å². The zero-order valence-electron chi connectivity index (χ0n) is 13.6. The molecule has 112 valence electrons. The van der Waals surface area contributed by atoms with E-state index in [9.17, 15) is 0 Å². The number of nitrogens with zero attached hydrogens (tertiary/aromatic N) is 1. The highest BCUT2D eigenvalue weighted by atomic mass is 15.1. The molecule has 1 aromatic rings. The van der Waals surface area contributed by atoms with E-state index >= 15 is 0 Å². The second-order valence-corrected chi connectivity index (χ2v) is 6.92. The summed E-state index contributed by atoms with van der Waals surface area (Å²) in [5.41, 5.74) is 10.9. The molecule has 2 N–H and O–H groups in total. The molecule has 1 heterocycles. The van der Waals surface area contributed by atoms with E-state index in [-0.39, 0.29) is 6.04 Å². The predicted molar refractivity (Wildman–Crippen MR) is 86.9 cm³/mol. The molecule has 1 aromatic carbocycles. The first-order valence-electron chi connectivity index (χ1n) is 7.98. The van der Waals surface area contributed by atoms with Gasteiger partial charge in [-0.2, -0.15) is 0 Å². The van der Waals surface area contributed by atoms with Gasteiger partial charge in [0.15, 0.2) is 0 Å². The van der Waals surface area contributed by atoms with E-state index < -0.39 is 0 Å². The number of piperidine rings is 1. The van der Waals surface area contributed by atoms with Crippen LogP contribution in [-0.2, 0) is 0 Å². The lowest BCUT2D eigenvalue weighted by Gasteiger charge is -2.39.